The van der Waals surface area contributed by atoms with Crippen molar-refractivity contribution in [1.82, 2.24) is 4.98 Å². The SMILES string of the molecule is O=C(OCCOc1ccccn1)C12C3CC(CC31)C2(F)F. The number of pyridine rings is 1. The number of rotatable bonds is 5. The van der Waals surface area contributed by atoms with E-state index in [4.69, 9.17) is 9.47 Å². The van der Waals surface area contributed by atoms with E-state index >= 15 is 0 Å². The van der Waals surface area contributed by atoms with Crippen molar-refractivity contribution in [2.24, 2.45) is 23.2 Å². The highest BCUT2D eigenvalue weighted by Gasteiger charge is 2.92. The quantitative estimate of drug-likeness (QED) is 0.618. The molecule has 4 nitrogen and oxygen atoms in total. The highest BCUT2D eigenvalue weighted by atomic mass is 19.3. The molecule has 2 unspecified atom stereocenters. The standard InChI is InChI=1S/C15H15F2NO3/c16-15(17)9-7-10-11(8-9)14(10,15)13(19)21-6-5-20-12-3-1-2-4-18-12/h1-4,9-11H,5-8H2. The van der Waals surface area contributed by atoms with Crippen molar-refractivity contribution in [3.63, 3.8) is 0 Å². The van der Waals surface area contributed by atoms with Crippen LogP contribution in [0.4, 0.5) is 8.78 Å². The van der Waals surface area contributed by atoms with E-state index in [1.54, 1.807) is 24.4 Å². The first-order valence-corrected chi connectivity index (χ1v) is 7.17. The van der Waals surface area contributed by atoms with Gasteiger partial charge in [0.2, 0.25) is 5.88 Å². The molecule has 4 fully saturated rings. The van der Waals surface area contributed by atoms with Gasteiger partial charge in [-0.15, -0.1) is 0 Å². The lowest BCUT2D eigenvalue weighted by molar-refractivity contribution is -0.168. The van der Waals surface area contributed by atoms with E-state index < -0.39 is 23.2 Å². The summed E-state index contributed by atoms with van der Waals surface area (Å²) in [7, 11) is 0. The summed E-state index contributed by atoms with van der Waals surface area (Å²) in [6.45, 7) is 0.0838. The van der Waals surface area contributed by atoms with Gasteiger partial charge in [-0.25, -0.2) is 13.8 Å². The molecule has 4 aliphatic carbocycles. The fraction of sp³-hybridized carbons (Fsp3) is 0.600. The third kappa shape index (κ3) is 1.53. The van der Waals surface area contributed by atoms with Crippen molar-refractivity contribution in [2.75, 3.05) is 13.2 Å². The normalized spacial score (nSPS) is 37.3. The Labute approximate surface area is 120 Å². The van der Waals surface area contributed by atoms with Gasteiger partial charge in [-0.1, -0.05) is 6.07 Å². The minimum atomic E-state index is -2.89. The summed E-state index contributed by atoms with van der Waals surface area (Å²) in [5, 5.41) is 0. The number of carbonyl (C=O) groups excluding carboxylic acids is 1. The molecule has 1 aromatic heterocycles. The largest absolute Gasteiger partial charge is 0.474 e. The maximum Gasteiger partial charge on any atom is 0.318 e. The molecular formula is C15H15F2NO3. The average molecular weight is 295 g/mol. The molecule has 112 valence electrons. The van der Waals surface area contributed by atoms with Gasteiger partial charge in [0, 0.05) is 18.2 Å². The van der Waals surface area contributed by atoms with Crippen LogP contribution in [0.3, 0.4) is 0 Å². The van der Waals surface area contributed by atoms with Gasteiger partial charge in [-0.05, 0) is 30.7 Å². The van der Waals surface area contributed by atoms with E-state index in [1.165, 1.54) is 0 Å². The van der Waals surface area contributed by atoms with E-state index in [1.807, 2.05) is 0 Å². The first-order chi connectivity index (χ1) is 10.1. The highest BCUT2D eigenvalue weighted by Crippen LogP contribution is 2.84. The first kappa shape index (κ1) is 13.0. The van der Waals surface area contributed by atoms with Crippen LogP contribution in [0.1, 0.15) is 12.8 Å². The van der Waals surface area contributed by atoms with E-state index in [0.717, 1.165) is 0 Å². The number of halogens is 2. The summed E-state index contributed by atoms with van der Waals surface area (Å²) >= 11 is 0. The Morgan fingerprint density at radius 3 is 2.62 bits per heavy atom. The van der Waals surface area contributed by atoms with Crippen molar-refractivity contribution in [3.05, 3.63) is 24.4 Å². The van der Waals surface area contributed by atoms with Crippen LogP contribution in [-0.4, -0.2) is 30.1 Å². The smallest absolute Gasteiger partial charge is 0.318 e. The molecular weight excluding hydrogens is 280 g/mol. The van der Waals surface area contributed by atoms with Crippen LogP contribution in [0, 0.1) is 23.2 Å². The number of alkyl halides is 2. The maximum atomic E-state index is 14.2. The summed E-state index contributed by atoms with van der Waals surface area (Å²) in [6.07, 6.45) is 2.52. The predicted octanol–water partition coefficient (Wildman–Crippen LogP) is 2.29. The lowest BCUT2D eigenvalue weighted by Crippen LogP contribution is -2.37. The van der Waals surface area contributed by atoms with E-state index in [2.05, 4.69) is 4.98 Å². The summed E-state index contributed by atoms with van der Waals surface area (Å²) in [5.74, 6) is -4.16. The van der Waals surface area contributed by atoms with Crippen LogP contribution >= 0.6 is 0 Å². The molecule has 2 atom stereocenters. The Hall–Kier alpha value is -1.72. The van der Waals surface area contributed by atoms with E-state index in [-0.39, 0.29) is 25.0 Å². The minimum Gasteiger partial charge on any atom is -0.474 e. The maximum absolute atomic E-state index is 14.2. The van der Waals surface area contributed by atoms with Gasteiger partial charge in [-0.2, -0.15) is 0 Å². The van der Waals surface area contributed by atoms with Gasteiger partial charge >= 0.3 is 5.97 Å². The fourth-order valence-electron chi connectivity index (χ4n) is 4.35. The van der Waals surface area contributed by atoms with Crippen LogP contribution in [0.5, 0.6) is 5.88 Å². The summed E-state index contributed by atoms with van der Waals surface area (Å²) in [5.41, 5.74) is -1.51. The topological polar surface area (TPSA) is 48.4 Å². The second kappa shape index (κ2) is 4.15. The Bertz CT molecular complexity index is 566. The second-order valence-electron chi connectivity index (χ2n) is 6.03. The first-order valence-electron chi connectivity index (χ1n) is 7.17. The molecule has 4 bridgehead atoms. The molecule has 1 aromatic rings. The minimum absolute atomic E-state index is 0.0304. The third-order valence-electron chi connectivity index (χ3n) is 5.23. The molecule has 0 saturated heterocycles. The summed E-state index contributed by atoms with van der Waals surface area (Å²) in [6, 6.07) is 5.21. The van der Waals surface area contributed by atoms with Gasteiger partial charge in [0.15, 0.2) is 0 Å². The Kier molecular flexibility index (Phi) is 2.56. The molecule has 0 radical (unpaired) electrons. The number of aromatic nitrogens is 1. The molecule has 4 aliphatic rings. The van der Waals surface area contributed by atoms with E-state index in [9.17, 15) is 13.6 Å². The van der Waals surface area contributed by atoms with Crippen LogP contribution < -0.4 is 4.74 Å². The lowest BCUT2D eigenvalue weighted by Gasteiger charge is -2.21. The van der Waals surface area contributed by atoms with Crippen molar-refractivity contribution in [1.29, 1.82) is 0 Å². The summed E-state index contributed by atoms with van der Waals surface area (Å²) < 4.78 is 38.6. The van der Waals surface area contributed by atoms with Crippen LogP contribution in [0.15, 0.2) is 24.4 Å². The Morgan fingerprint density at radius 1 is 1.29 bits per heavy atom. The highest BCUT2D eigenvalue weighted by molar-refractivity contribution is 5.85. The van der Waals surface area contributed by atoms with Crippen molar-refractivity contribution in [2.45, 2.75) is 18.8 Å². The predicted molar refractivity (Wildman–Crippen MR) is 67.8 cm³/mol. The summed E-state index contributed by atoms with van der Waals surface area (Å²) in [4.78, 5) is 16.1. The molecule has 4 saturated carbocycles. The second-order valence-corrected chi connectivity index (χ2v) is 6.03. The van der Waals surface area contributed by atoms with Gasteiger partial charge in [0.05, 0.1) is 0 Å². The fourth-order valence-corrected chi connectivity index (χ4v) is 4.35. The Morgan fingerprint density at radius 2 is 2.05 bits per heavy atom. The molecule has 5 rings (SSSR count). The zero-order valence-electron chi connectivity index (χ0n) is 11.3. The molecule has 0 aliphatic heterocycles. The van der Waals surface area contributed by atoms with Crippen LogP contribution in [0.2, 0.25) is 0 Å². The number of nitrogens with zero attached hydrogens (tertiary/aromatic N) is 1. The molecule has 21 heavy (non-hydrogen) atoms. The number of hydrogen-bond acceptors (Lipinski definition) is 4. The number of carbonyl (C=O) groups is 1. The van der Waals surface area contributed by atoms with Gasteiger partial charge in [0.25, 0.3) is 5.92 Å². The number of esters is 1. The third-order valence-corrected chi connectivity index (χ3v) is 5.23. The van der Waals surface area contributed by atoms with Crippen LogP contribution in [0.25, 0.3) is 0 Å². The zero-order valence-corrected chi connectivity index (χ0v) is 11.3. The lowest BCUT2D eigenvalue weighted by atomic mass is 9.99. The van der Waals surface area contributed by atoms with Crippen molar-refractivity contribution in [3.8, 4) is 5.88 Å². The zero-order chi connectivity index (χ0) is 14.7. The molecule has 0 spiro atoms. The van der Waals surface area contributed by atoms with E-state index in [0.29, 0.717) is 18.7 Å². The van der Waals surface area contributed by atoms with Gasteiger partial charge in [-0.3, -0.25) is 4.79 Å². The molecule has 6 heteroatoms. The van der Waals surface area contributed by atoms with Crippen molar-refractivity contribution >= 4 is 5.97 Å². The Balaban J connectivity index is 1.32. The van der Waals surface area contributed by atoms with Gasteiger partial charge < -0.3 is 9.47 Å². The number of ether oxygens (including phenoxy) is 2. The monoisotopic (exact) mass is 295 g/mol. The van der Waals surface area contributed by atoms with Crippen molar-refractivity contribution < 1.29 is 23.0 Å². The molecule has 0 amide bonds. The number of hydrogen-bond donors (Lipinski definition) is 0. The molecule has 0 N–H and O–H groups in total. The van der Waals surface area contributed by atoms with Crippen LogP contribution in [-0.2, 0) is 9.53 Å². The molecule has 1 heterocycles. The average Bonchev–Trinajstić information content (AvgIpc) is 2.74. The molecule has 0 aromatic carbocycles. The van der Waals surface area contributed by atoms with Gasteiger partial charge in [0.1, 0.15) is 18.6 Å².